The van der Waals surface area contributed by atoms with Gasteiger partial charge in [0, 0.05) is 29.7 Å². The summed E-state index contributed by atoms with van der Waals surface area (Å²) in [5.74, 6) is 0. The van der Waals surface area contributed by atoms with Gasteiger partial charge in [-0.15, -0.1) is 11.3 Å². The van der Waals surface area contributed by atoms with Crippen molar-refractivity contribution in [3.05, 3.63) is 51.7 Å². The molecule has 2 heterocycles. The van der Waals surface area contributed by atoms with Crippen LogP contribution < -0.4 is 10.6 Å². The number of benzene rings is 1. The molecule has 1 atom stereocenters. The highest BCUT2D eigenvalue weighted by Crippen LogP contribution is 2.28. The number of thiophene rings is 1. The van der Waals surface area contributed by atoms with Gasteiger partial charge in [-0.25, -0.2) is 0 Å². The predicted molar refractivity (Wildman–Crippen MR) is 78.1 cm³/mol. The van der Waals surface area contributed by atoms with Gasteiger partial charge in [-0.05, 0) is 48.1 Å². The van der Waals surface area contributed by atoms with Gasteiger partial charge in [-0.2, -0.15) is 0 Å². The first-order valence-electron chi connectivity index (χ1n) is 6.40. The van der Waals surface area contributed by atoms with Gasteiger partial charge < -0.3 is 10.6 Å². The molecule has 0 aliphatic carbocycles. The molecule has 0 fully saturated rings. The summed E-state index contributed by atoms with van der Waals surface area (Å²) < 4.78 is 0. The van der Waals surface area contributed by atoms with Gasteiger partial charge in [0.05, 0.1) is 0 Å². The van der Waals surface area contributed by atoms with Crippen molar-refractivity contribution in [2.24, 2.45) is 5.73 Å². The maximum atomic E-state index is 5.88. The van der Waals surface area contributed by atoms with E-state index in [1.807, 2.05) is 18.3 Å². The topological polar surface area (TPSA) is 29.3 Å². The summed E-state index contributed by atoms with van der Waals surface area (Å²) >= 11 is 1.89. The Balaban J connectivity index is 1.80. The highest BCUT2D eigenvalue weighted by molar-refractivity contribution is 7.10. The lowest BCUT2D eigenvalue weighted by molar-refractivity contribution is 0.742. The van der Waals surface area contributed by atoms with Gasteiger partial charge in [0.15, 0.2) is 0 Å². The van der Waals surface area contributed by atoms with Crippen molar-refractivity contribution in [1.29, 1.82) is 0 Å². The van der Waals surface area contributed by atoms with Crippen LogP contribution in [0.2, 0.25) is 0 Å². The van der Waals surface area contributed by atoms with Gasteiger partial charge in [-0.1, -0.05) is 12.1 Å². The molecule has 94 valence electrons. The first-order chi connectivity index (χ1) is 8.74. The van der Waals surface area contributed by atoms with E-state index in [2.05, 4.69) is 40.6 Å². The number of hydrogen-bond acceptors (Lipinski definition) is 3. The lowest BCUT2D eigenvalue weighted by Crippen LogP contribution is -2.29. The summed E-state index contributed by atoms with van der Waals surface area (Å²) in [7, 11) is 0. The minimum Gasteiger partial charge on any atom is -0.367 e. The van der Waals surface area contributed by atoms with Crippen LogP contribution in [0.1, 0.15) is 29.0 Å². The van der Waals surface area contributed by atoms with E-state index in [1.165, 1.54) is 23.2 Å². The zero-order valence-electron chi connectivity index (χ0n) is 10.6. The third-order valence-electron chi connectivity index (χ3n) is 3.59. The van der Waals surface area contributed by atoms with Crippen LogP contribution in [0.5, 0.6) is 0 Å². The van der Waals surface area contributed by atoms with E-state index in [-0.39, 0.29) is 6.04 Å². The van der Waals surface area contributed by atoms with Crippen LogP contribution in [0.3, 0.4) is 0 Å². The standard InChI is InChI=1S/C15H18N2S/c1-11(16)12-2-4-14(5-3-12)17-8-6-15-13(10-17)7-9-18-15/h2-5,7,9,11H,6,8,10,16H2,1H3/t11-/m0/s1. The summed E-state index contributed by atoms with van der Waals surface area (Å²) in [5.41, 5.74) is 9.87. The average molecular weight is 258 g/mol. The fourth-order valence-corrected chi connectivity index (χ4v) is 3.35. The molecule has 1 aromatic heterocycles. The van der Waals surface area contributed by atoms with Gasteiger partial charge in [0.25, 0.3) is 0 Å². The molecule has 0 saturated heterocycles. The van der Waals surface area contributed by atoms with Crippen molar-refractivity contribution >= 4 is 17.0 Å². The quantitative estimate of drug-likeness (QED) is 0.895. The van der Waals surface area contributed by atoms with E-state index in [0.29, 0.717) is 0 Å². The fourth-order valence-electron chi connectivity index (χ4n) is 2.46. The Kier molecular flexibility index (Phi) is 3.10. The SMILES string of the molecule is C[C@H](N)c1ccc(N2CCc3sccc3C2)cc1. The number of fused-ring (bicyclic) bond motifs is 1. The Morgan fingerprint density at radius 3 is 2.72 bits per heavy atom. The minimum atomic E-state index is 0.115. The summed E-state index contributed by atoms with van der Waals surface area (Å²) in [4.78, 5) is 4.00. The van der Waals surface area contributed by atoms with E-state index >= 15 is 0 Å². The zero-order chi connectivity index (χ0) is 12.5. The first kappa shape index (κ1) is 11.8. The van der Waals surface area contributed by atoms with Gasteiger partial charge >= 0.3 is 0 Å². The molecule has 1 aliphatic rings. The largest absolute Gasteiger partial charge is 0.367 e. The van der Waals surface area contributed by atoms with Crippen molar-refractivity contribution in [1.82, 2.24) is 0 Å². The average Bonchev–Trinajstić information content (AvgIpc) is 2.86. The van der Waals surface area contributed by atoms with Crippen LogP contribution in [0.25, 0.3) is 0 Å². The van der Waals surface area contributed by atoms with Crippen molar-refractivity contribution in [2.45, 2.75) is 25.9 Å². The number of rotatable bonds is 2. The lowest BCUT2D eigenvalue weighted by Gasteiger charge is -2.29. The maximum Gasteiger partial charge on any atom is 0.0440 e. The Bertz CT molecular complexity index is 528. The molecular formula is C15H18N2S. The summed E-state index contributed by atoms with van der Waals surface area (Å²) in [5, 5.41) is 2.20. The molecule has 3 heteroatoms. The molecule has 0 amide bonds. The summed E-state index contributed by atoms with van der Waals surface area (Å²) in [6.45, 7) is 4.18. The fraction of sp³-hybridized carbons (Fsp3) is 0.333. The molecule has 1 aliphatic heterocycles. The monoisotopic (exact) mass is 258 g/mol. The van der Waals surface area contributed by atoms with Crippen LogP contribution in [0.15, 0.2) is 35.7 Å². The van der Waals surface area contributed by atoms with Gasteiger partial charge in [0.2, 0.25) is 0 Å². The van der Waals surface area contributed by atoms with Crippen LogP contribution >= 0.6 is 11.3 Å². The van der Waals surface area contributed by atoms with E-state index in [4.69, 9.17) is 5.73 Å². The second-order valence-electron chi connectivity index (χ2n) is 4.92. The molecule has 0 radical (unpaired) electrons. The molecule has 0 bridgehead atoms. The molecule has 2 nitrogen and oxygen atoms in total. The third kappa shape index (κ3) is 2.16. The molecule has 3 rings (SSSR count). The zero-order valence-corrected chi connectivity index (χ0v) is 11.4. The Morgan fingerprint density at radius 1 is 1.22 bits per heavy atom. The molecule has 2 aromatic rings. The van der Waals surface area contributed by atoms with Crippen LogP contribution in [0.4, 0.5) is 5.69 Å². The van der Waals surface area contributed by atoms with E-state index < -0.39 is 0 Å². The van der Waals surface area contributed by atoms with Gasteiger partial charge in [0.1, 0.15) is 0 Å². The molecule has 2 N–H and O–H groups in total. The molecule has 0 unspecified atom stereocenters. The van der Waals surface area contributed by atoms with Crippen molar-refractivity contribution < 1.29 is 0 Å². The smallest absolute Gasteiger partial charge is 0.0440 e. The van der Waals surface area contributed by atoms with Gasteiger partial charge in [-0.3, -0.25) is 0 Å². The van der Waals surface area contributed by atoms with Crippen LogP contribution in [-0.4, -0.2) is 6.54 Å². The molecule has 18 heavy (non-hydrogen) atoms. The Morgan fingerprint density at radius 2 is 2.00 bits per heavy atom. The minimum absolute atomic E-state index is 0.115. The van der Waals surface area contributed by atoms with E-state index in [1.54, 1.807) is 4.88 Å². The second-order valence-corrected chi connectivity index (χ2v) is 5.92. The van der Waals surface area contributed by atoms with Crippen LogP contribution in [-0.2, 0) is 13.0 Å². The highest BCUT2D eigenvalue weighted by atomic mass is 32.1. The Hall–Kier alpha value is -1.32. The number of nitrogens with zero attached hydrogens (tertiary/aromatic N) is 1. The summed E-state index contributed by atoms with van der Waals surface area (Å²) in [6.07, 6.45) is 1.17. The number of hydrogen-bond donors (Lipinski definition) is 1. The first-order valence-corrected chi connectivity index (χ1v) is 7.28. The van der Waals surface area contributed by atoms with E-state index in [0.717, 1.165) is 13.1 Å². The van der Waals surface area contributed by atoms with Crippen molar-refractivity contribution in [2.75, 3.05) is 11.4 Å². The Labute approximate surface area is 112 Å². The maximum absolute atomic E-state index is 5.88. The molecular weight excluding hydrogens is 240 g/mol. The predicted octanol–water partition coefficient (Wildman–Crippen LogP) is 3.33. The molecule has 1 aromatic carbocycles. The highest BCUT2D eigenvalue weighted by Gasteiger charge is 2.17. The lowest BCUT2D eigenvalue weighted by atomic mass is 10.1. The van der Waals surface area contributed by atoms with Crippen molar-refractivity contribution in [3.8, 4) is 0 Å². The molecule has 0 saturated carbocycles. The summed E-state index contributed by atoms with van der Waals surface area (Å²) in [6, 6.07) is 11.0. The normalized spacial score (nSPS) is 16.4. The third-order valence-corrected chi connectivity index (χ3v) is 4.61. The van der Waals surface area contributed by atoms with Crippen molar-refractivity contribution in [3.63, 3.8) is 0 Å². The van der Waals surface area contributed by atoms with E-state index in [9.17, 15) is 0 Å². The second kappa shape index (κ2) is 4.75. The number of anilines is 1. The number of nitrogens with two attached hydrogens (primary N) is 1. The van der Waals surface area contributed by atoms with Crippen LogP contribution in [0, 0.1) is 0 Å². The molecule has 0 spiro atoms.